The number of hydrogen-bond acceptors (Lipinski definition) is 4. The summed E-state index contributed by atoms with van der Waals surface area (Å²) in [5, 5.41) is 3.24. The van der Waals surface area contributed by atoms with Gasteiger partial charge in [-0.25, -0.2) is 0 Å². The molecular formula is C13H21NO2S. The van der Waals surface area contributed by atoms with Gasteiger partial charge in [-0.15, -0.1) is 11.3 Å². The van der Waals surface area contributed by atoms with Gasteiger partial charge >= 0.3 is 5.97 Å². The Morgan fingerprint density at radius 2 is 2.06 bits per heavy atom. The summed E-state index contributed by atoms with van der Waals surface area (Å²) in [7, 11) is 0. The maximum absolute atomic E-state index is 11.6. The number of hydrogen-bond donors (Lipinski definition) is 1. The number of aryl methyl sites for hydroxylation is 1. The minimum Gasteiger partial charge on any atom is -0.465 e. The second-order valence-corrected chi connectivity index (χ2v) is 5.07. The van der Waals surface area contributed by atoms with E-state index in [0.717, 1.165) is 19.4 Å². The molecule has 0 aliphatic rings. The predicted molar refractivity (Wildman–Crippen MR) is 71.2 cm³/mol. The highest BCUT2D eigenvalue weighted by molar-refractivity contribution is 7.11. The van der Waals surface area contributed by atoms with Gasteiger partial charge in [0.25, 0.3) is 0 Å². The van der Waals surface area contributed by atoms with Crippen molar-refractivity contribution in [3.63, 3.8) is 0 Å². The van der Waals surface area contributed by atoms with E-state index in [9.17, 15) is 4.79 Å². The standard InChI is InChI=1S/C13H21NO2S/c1-4-10-7-8-11(17-10)9-14-12(5-2)13(15)16-6-3/h7-8,12,14H,4-6,9H2,1-3H3. The van der Waals surface area contributed by atoms with Crippen molar-refractivity contribution in [3.05, 3.63) is 21.9 Å². The van der Waals surface area contributed by atoms with Crippen molar-refractivity contribution in [2.24, 2.45) is 0 Å². The van der Waals surface area contributed by atoms with Gasteiger partial charge < -0.3 is 4.74 Å². The van der Waals surface area contributed by atoms with Gasteiger partial charge in [0.1, 0.15) is 6.04 Å². The lowest BCUT2D eigenvalue weighted by Crippen LogP contribution is -2.36. The lowest BCUT2D eigenvalue weighted by molar-refractivity contribution is -0.145. The molecule has 0 bridgehead atoms. The van der Waals surface area contributed by atoms with Gasteiger partial charge in [0.05, 0.1) is 6.61 Å². The Morgan fingerprint density at radius 1 is 1.35 bits per heavy atom. The van der Waals surface area contributed by atoms with E-state index in [1.165, 1.54) is 9.75 Å². The van der Waals surface area contributed by atoms with Gasteiger partial charge in [-0.2, -0.15) is 0 Å². The van der Waals surface area contributed by atoms with Crippen molar-refractivity contribution >= 4 is 17.3 Å². The Morgan fingerprint density at radius 3 is 2.59 bits per heavy atom. The van der Waals surface area contributed by atoms with Crippen LogP contribution in [0, 0.1) is 0 Å². The molecule has 1 rings (SSSR count). The van der Waals surface area contributed by atoms with Crippen LogP contribution in [0.3, 0.4) is 0 Å². The molecule has 0 aliphatic carbocycles. The van der Waals surface area contributed by atoms with Crippen molar-refractivity contribution in [2.75, 3.05) is 6.61 Å². The van der Waals surface area contributed by atoms with Gasteiger partial charge in [0, 0.05) is 16.3 Å². The number of ether oxygens (including phenoxy) is 1. The summed E-state index contributed by atoms with van der Waals surface area (Å²) in [4.78, 5) is 14.2. The number of rotatable bonds is 7. The summed E-state index contributed by atoms with van der Waals surface area (Å²) in [6.45, 7) is 7.15. The maximum Gasteiger partial charge on any atom is 0.323 e. The highest BCUT2D eigenvalue weighted by atomic mass is 32.1. The number of esters is 1. The molecule has 1 unspecified atom stereocenters. The molecule has 17 heavy (non-hydrogen) atoms. The molecule has 1 atom stereocenters. The Bertz CT molecular complexity index is 349. The number of thiophene rings is 1. The average molecular weight is 255 g/mol. The third kappa shape index (κ3) is 4.48. The second kappa shape index (κ2) is 7.45. The smallest absolute Gasteiger partial charge is 0.323 e. The van der Waals surface area contributed by atoms with Crippen LogP contribution < -0.4 is 5.32 Å². The van der Waals surface area contributed by atoms with Crippen LogP contribution in [0.5, 0.6) is 0 Å². The summed E-state index contributed by atoms with van der Waals surface area (Å²) in [5.74, 6) is -0.151. The molecular weight excluding hydrogens is 234 g/mol. The first-order valence-corrected chi connectivity index (χ1v) is 7.00. The monoisotopic (exact) mass is 255 g/mol. The van der Waals surface area contributed by atoms with Gasteiger partial charge in [-0.3, -0.25) is 10.1 Å². The molecule has 1 aromatic rings. The van der Waals surface area contributed by atoms with E-state index in [4.69, 9.17) is 4.74 Å². The van der Waals surface area contributed by atoms with Gasteiger partial charge in [0.15, 0.2) is 0 Å². The van der Waals surface area contributed by atoms with Crippen molar-refractivity contribution in [2.45, 2.75) is 46.2 Å². The Labute approximate surface area is 107 Å². The molecule has 1 aromatic heterocycles. The second-order valence-electron chi connectivity index (χ2n) is 3.82. The Kier molecular flexibility index (Phi) is 6.22. The first-order chi connectivity index (χ1) is 8.21. The molecule has 0 spiro atoms. The average Bonchev–Trinajstić information content (AvgIpc) is 2.78. The Hall–Kier alpha value is -0.870. The van der Waals surface area contributed by atoms with Crippen molar-refractivity contribution in [3.8, 4) is 0 Å². The molecule has 0 saturated heterocycles. The first-order valence-electron chi connectivity index (χ1n) is 6.18. The number of carbonyl (C=O) groups excluding carboxylic acids is 1. The van der Waals surface area contributed by atoms with E-state index < -0.39 is 0 Å². The molecule has 0 fully saturated rings. The molecule has 1 heterocycles. The van der Waals surface area contributed by atoms with Crippen LogP contribution in [0.2, 0.25) is 0 Å². The van der Waals surface area contributed by atoms with Crippen LogP contribution >= 0.6 is 11.3 Å². The van der Waals surface area contributed by atoms with Crippen LogP contribution in [0.25, 0.3) is 0 Å². The Balaban J connectivity index is 2.44. The lowest BCUT2D eigenvalue weighted by atomic mass is 10.2. The molecule has 0 radical (unpaired) electrons. The minimum atomic E-state index is -0.192. The van der Waals surface area contributed by atoms with E-state index in [1.54, 1.807) is 11.3 Å². The third-order valence-electron chi connectivity index (χ3n) is 2.57. The fraction of sp³-hybridized carbons (Fsp3) is 0.615. The van der Waals surface area contributed by atoms with Crippen molar-refractivity contribution < 1.29 is 9.53 Å². The van der Waals surface area contributed by atoms with E-state index in [1.807, 2.05) is 13.8 Å². The summed E-state index contributed by atoms with van der Waals surface area (Å²) in [6, 6.07) is 4.07. The molecule has 3 nitrogen and oxygen atoms in total. The van der Waals surface area contributed by atoms with E-state index in [0.29, 0.717) is 6.61 Å². The molecule has 0 saturated carbocycles. The zero-order valence-corrected chi connectivity index (χ0v) is 11.6. The van der Waals surface area contributed by atoms with E-state index >= 15 is 0 Å². The summed E-state index contributed by atoms with van der Waals surface area (Å²) in [5.41, 5.74) is 0. The van der Waals surface area contributed by atoms with Gasteiger partial charge in [-0.05, 0) is 31.9 Å². The summed E-state index contributed by atoms with van der Waals surface area (Å²) < 4.78 is 5.01. The molecule has 0 amide bonds. The minimum absolute atomic E-state index is 0.151. The van der Waals surface area contributed by atoms with Gasteiger partial charge in [-0.1, -0.05) is 13.8 Å². The van der Waals surface area contributed by atoms with Crippen molar-refractivity contribution in [1.29, 1.82) is 0 Å². The predicted octanol–water partition coefficient (Wildman–Crippen LogP) is 2.74. The molecule has 0 aromatic carbocycles. The van der Waals surface area contributed by atoms with Crippen LogP contribution in [0.1, 0.15) is 36.9 Å². The maximum atomic E-state index is 11.6. The van der Waals surface area contributed by atoms with E-state index in [-0.39, 0.29) is 12.0 Å². The topological polar surface area (TPSA) is 38.3 Å². The van der Waals surface area contributed by atoms with Crippen LogP contribution in [-0.4, -0.2) is 18.6 Å². The third-order valence-corrected chi connectivity index (χ3v) is 3.80. The van der Waals surface area contributed by atoms with Crippen LogP contribution in [-0.2, 0) is 22.5 Å². The van der Waals surface area contributed by atoms with Crippen LogP contribution in [0.15, 0.2) is 12.1 Å². The van der Waals surface area contributed by atoms with Crippen LogP contribution in [0.4, 0.5) is 0 Å². The number of nitrogens with one attached hydrogen (secondary N) is 1. The molecule has 0 aliphatic heterocycles. The fourth-order valence-electron chi connectivity index (χ4n) is 1.57. The number of carbonyl (C=O) groups is 1. The quantitative estimate of drug-likeness (QED) is 0.761. The normalized spacial score (nSPS) is 12.4. The highest BCUT2D eigenvalue weighted by Gasteiger charge is 2.16. The molecule has 96 valence electrons. The molecule has 1 N–H and O–H groups in total. The fourth-order valence-corrected chi connectivity index (χ4v) is 2.48. The zero-order chi connectivity index (χ0) is 12.7. The zero-order valence-electron chi connectivity index (χ0n) is 10.8. The van der Waals surface area contributed by atoms with E-state index in [2.05, 4.69) is 24.4 Å². The van der Waals surface area contributed by atoms with Gasteiger partial charge in [0.2, 0.25) is 0 Å². The SMILES string of the molecule is CCOC(=O)C(CC)NCc1ccc(CC)s1. The largest absolute Gasteiger partial charge is 0.465 e. The van der Waals surface area contributed by atoms with Crippen molar-refractivity contribution in [1.82, 2.24) is 5.32 Å². The highest BCUT2D eigenvalue weighted by Crippen LogP contribution is 2.16. The molecule has 4 heteroatoms. The summed E-state index contributed by atoms with van der Waals surface area (Å²) in [6.07, 6.45) is 1.82. The summed E-state index contributed by atoms with van der Waals surface area (Å²) >= 11 is 1.80. The first kappa shape index (κ1) is 14.2. The lowest BCUT2D eigenvalue weighted by Gasteiger charge is -2.14.